The van der Waals surface area contributed by atoms with Crippen molar-refractivity contribution < 1.29 is 4.74 Å². The molecule has 0 bridgehead atoms. The van der Waals surface area contributed by atoms with Crippen LogP contribution in [0.4, 0.5) is 0 Å². The van der Waals surface area contributed by atoms with E-state index in [4.69, 9.17) is 4.74 Å². The summed E-state index contributed by atoms with van der Waals surface area (Å²) in [6, 6.07) is 2.05. The molecule has 16 heavy (non-hydrogen) atoms. The molecule has 0 unspecified atom stereocenters. The van der Waals surface area contributed by atoms with Gasteiger partial charge >= 0.3 is 0 Å². The summed E-state index contributed by atoms with van der Waals surface area (Å²) in [7, 11) is 1.85. The molecule has 0 aromatic carbocycles. The maximum atomic E-state index is 5.62. The molecule has 2 heterocycles. The van der Waals surface area contributed by atoms with Crippen molar-refractivity contribution in [1.29, 1.82) is 0 Å². The first-order valence-corrected chi connectivity index (χ1v) is 5.99. The van der Waals surface area contributed by atoms with Crippen molar-refractivity contribution >= 4 is 15.9 Å². The number of hydrogen-bond acceptors (Lipinski definition) is 3. The number of aromatic nitrogens is 3. The van der Waals surface area contributed by atoms with Gasteiger partial charge < -0.3 is 4.74 Å². The first-order chi connectivity index (χ1) is 7.69. The van der Waals surface area contributed by atoms with Gasteiger partial charge in [0, 0.05) is 24.1 Å². The number of rotatable bonds is 3. The summed E-state index contributed by atoms with van der Waals surface area (Å²) in [5.74, 6) is 1.32. The highest BCUT2D eigenvalue weighted by molar-refractivity contribution is 9.08. The van der Waals surface area contributed by atoms with Gasteiger partial charge in [-0.05, 0) is 18.6 Å². The lowest BCUT2D eigenvalue weighted by atomic mass is 10.2. The van der Waals surface area contributed by atoms with Crippen LogP contribution in [0.1, 0.15) is 11.1 Å². The summed E-state index contributed by atoms with van der Waals surface area (Å²) in [4.78, 5) is 4.26. The van der Waals surface area contributed by atoms with E-state index in [9.17, 15) is 0 Å². The molecule has 0 aliphatic rings. The summed E-state index contributed by atoms with van der Waals surface area (Å²) in [5.41, 5.74) is 2.15. The molecule has 0 saturated heterocycles. The molecular formula is C11H12BrN3O. The highest BCUT2D eigenvalue weighted by Gasteiger charge is 2.05. The largest absolute Gasteiger partial charge is 0.435 e. The minimum absolute atomic E-state index is 0.623. The zero-order valence-electron chi connectivity index (χ0n) is 9.14. The van der Waals surface area contributed by atoms with Crippen LogP contribution in [0.5, 0.6) is 11.6 Å². The lowest BCUT2D eigenvalue weighted by Crippen LogP contribution is -1.92. The van der Waals surface area contributed by atoms with Gasteiger partial charge in [-0.2, -0.15) is 5.10 Å². The molecule has 0 aliphatic carbocycles. The number of ether oxygens (including phenoxy) is 1. The second kappa shape index (κ2) is 4.65. The Kier molecular flexibility index (Phi) is 3.24. The van der Waals surface area contributed by atoms with E-state index in [2.05, 4.69) is 26.0 Å². The Morgan fingerprint density at radius 2 is 2.25 bits per heavy atom. The molecule has 0 spiro atoms. The van der Waals surface area contributed by atoms with Gasteiger partial charge in [-0.25, -0.2) is 4.98 Å². The summed E-state index contributed by atoms with van der Waals surface area (Å²) >= 11 is 3.39. The van der Waals surface area contributed by atoms with Crippen molar-refractivity contribution in [3.63, 3.8) is 0 Å². The molecule has 84 valence electrons. The summed E-state index contributed by atoms with van der Waals surface area (Å²) in [6.07, 6.45) is 5.27. The van der Waals surface area contributed by atoms with Crippen molar-refractivity contribution in [3.05, 3.63) is 35.8 Å². The van der Waals surface area contributed by atoms with E-state index in [0.29, 0.717) is 11.6 Å². The third-order valence-electron chi connectivity index (χ3n) is 2.14. The Labute approximate surface area is 102 Å². The molecule has 0 fully saturated rings. The zero-order chi connectivity index (χ0) is 11.5. The normalized spacial score (nSPS) is 10.4. The molecule has 0 N–H and O–H groups in total. The molecule has 5 heteroatoms. The van der Waals surface area contributed by atoms with E-state index < -0.39 is 0 Å². The standard InChI is InChI=1S/C11H12BrN3O/c1-8-3-9(4-12)5-13-11(8)16-10-6-14-15(2)7-10/h3,5-7H,4H2,1-2H3. The fourth-order valence-corrected chi connectivity index (χ4v) is 1.67. The van der Waals surface area contributed by atoms with Crippen LogP contribution in [0.25, 0.3) is 0 Å². The number of pyridine rings is 1. The van der Waals surface area contributed by atoms with Crippen LogP contribution in [0, 0.1) is 6.92 Å². The van der Waals surface area contributed by atoms with Crippen LogP contribution < -0.4 is 4.74 Å². The Hall–Kier alpha value is -1.36. The molecule has 2 aromatic rings. The van der Waals surface area contributed by atoms with Crippen LogP contribution >= 0.6 is 15.9 Å². The highest BCUT2D eigenvalue weighted by Crippen LogP contribution is 2.22. The monoisotopic (exact) mass is 281 g/mol. The molecule has 0 radical (unpaired) electrons. The smallest absolute Gasteiger partial charge is 0.222 e. The minimum Gasteiger partial charge on any atom is -0.435 e. The average molecular weight is 282 g/mol. The third kappa shape index (κ3) is 2.41. The fraction of sp³-hybridized carbons (Fsp3) is 0.273. The van der Waals surface area contributed by atoms with Crippen LogP contribution in [0.2, 0.25) is 0 Å². The van der Waals surface area contributed by atoms with Gasteiger partial charge in [-0.15, -0.1) is 0 Å². The summed E-state index contributed by atoms with van der Waals surface area (Å²) in [6.45, 7) is 1.98. The molecule has 0 atom stereocenters. The van der Waals surface area contributed by atoms with Gasteiger partial charge in [-0.1, -0.05) is 15.9 Å². The predicted octanol–water partition coefficient (Wildman–Crippen LogP) is 2.81. The van der Waals surface area contributed by atoms with Crippen molar-refractivity contribution in [3.8, 4) is 11.6 Å². The second-order valence-corrected chi connectivity index (χ2v) is 4.11. The maximum Gasteiger partial charge on any atom is 0.222 e. The molecule has 2 rings (SSSR count). The van der Waals surface area contributed by atoms with E-state index in [-0.39, 0.29) is 0 Å². The molecule has 0 amide bonds. The van der Waals surface area contributed by atoms with E-state index in [1.54, 1.807) is 23.3 Å². The van der Waals surface area contributed by atoms with Crippen LogP contribution in [0.15, 0.2) is 24.7 Å². The lowest BCUT2D eigenvalue weighted by molar-refractivity contribution is 0.458. The summed E-state index contributed by atoms with van der Waals surface area (Å²) in [5, 5.41) is 4.83. The number of nitrogens with zero attached hydrogens (tertiary/aromatic N) is 3. The molecule has 4 nitrogen and oxygen atoms in total. The SMILES string of the molecule is Cc1cc(CBr)cnc1Oc1cnn(C)c1. The average Bonchev–Trinajstić information content (AvgIpc) is 2.67. The quantitative estimate of drug-likeness (QED) is 0.813. The topological polar surface area (TPSA) is 39.9 Å². The van der Waals surface area contributed by atoms with Gasteiger partial charge in [0.2, 0.25) is 5.88 Å². The van der Waals surface area contributed by atoms with Crippen molar-refractivity contribution in [2.75, 3.05) is 0 Å². The predicted molar refractivity (Wildman–Crippen MR) is 64.9 cm³/mol. The van der Waals surface area contributed by atoms with E-state index in [1.807, 2.05) is 20.0 Å². The number of halogens is 1. The van der Waals surface area contributed by atoms with E-state index in [1.165, 1.54) is 0 Å². The van der Waals surface area contributed by atoms with Gasteiger partial charge in [0.25, 0.3) is 0 Å². The minimum atomic E-state index is 0.623. The fourth-order valence-electron chi connectivity index (χ4n) is 1.36. The first-order valence-electron chi connectivity index (χ1n) is 4.87. The van der Waals surface area contributed by atoms with Crippen LogP contribution in [-0.4, -0.2) is 14.8 Å². The molecule has 2 aromatic heterocycles. The number of alkyl halides is 1. The Bertz CT molecular complexity index is 496. The first kappa shape index (κ1) is 11.1. The third-order valence-corrected chi connectivity index (χ3v) is 2.78. The van der Waals surface area contributed by atoms with Gasteiger partial charge in [0.15, 0.2) is 5.75 Å². The van der Waals surface area contributed by atoms with E-state index >= 15 is 0 Å². The number of hydrogen-bond donors (Lipinski definition) is 0. The van der Waals surface area contributed by atoms with Gasteiger partial charge in [0.05, 0.1) is 12.4 Å². The zero-order valence-corrected chi connectivity index (χ0v) is 10.7. The Morgan fingerprint density at radius 1 is 1.44 bits per heavy atom. The second-order valence-electron chi connectivity index (χ2n) is 3.55. The number of aryl methyl sites for hydroxylation is 2. The van der Waals surface area contributed by atoms with Crippen molar-refractivity contribution in [1.82, 2.24) is 14.8 Å². The molecule has 0 aliphatic heterocycles. The van der Waals surface area contributed by atoms with Gasteiger partial charge in [0.1, 0.15) is 0 Å². The highest BCUT2D eigenvalue weighted by atomic mass is 79.9. The summed E-state index contributed by atoms with van der Waals surface area (Å²) < 4.78 is 7.31. The molecule has 0 saturated carbocycles. The molecular weight excluding hydrogens is 270 g/mol. The Morgan fingerprint density at radius 3 is 2.81 bits per heavy atom. The van der Waals surface area contributed by atoms with Gasteiger partial charge in [-0.3, -0.25) is 4.68 Å². The van der Waals surface area contributed by atoms with Crippen LogP contribution in [0.3, 0.4) is 0 Å². The van der Waals surface area contributed by atoms with Crippen molar-refractivity contribution in [2.24, 2.45) is 7.05 Å². The van der Waals surface area contributed by atoms with Crippen molar-refractivity contribution in [2.45, 2.75) is 12.3 Å². The Balaban J connectivity index is 2.21. The lowest BCUT2D eigenvalue weighted by Gasteiger charge is -2.06. The maximum absolute atomic E-state index is 5.62. The van der Waals surface area contributed by atoms with Crippen LogP contribution in [-0.2, 0) is 12.4 Å². The van der Waals surface area contributed by atoms with E-state index in [0.717, 1.165) is 16.5 Å².